The van der Waals surface area contributed by atoms with E-state index in [0.29, 0.717) is 53.2 Å². The van der Waals surface area contributed by atoms with E-state index < -0.39 is 11.6 Å². The van der Waals surface area contributed by atoms with E-state index >= 15 is 0 Å². The van der Waals surface area contributed by atoms with E-state index in [1.807, 2.05) is 11.8 Å². The van der Waals surface area contributed by atoms with Crippen LogP contribution in [0.15, 0.2) is 36.4 Å². The third-order valence-electron chi connectivity index (χ3n) is 7.85. The number of ether oxygens (including phenoxy) is 1. The Morgan fingerprint density at radius 2 is 1.69 bits per heavy atom. The summed E-state index contributed by atoms with van der Waals surface area (Å²) in [6, 6.07) is 8.70. The smallest absolute Gasteiger partial charge is 0.256 e. The van der Waals surface area contributed by atoms with Gasteiger partial charge in [-0.1, -0.05) is 18.2 Å². The maximum atomic E-state index is 14.7. The number of amides is 2. The number of fused-ring (bicyclic) bond motifs is 2. The monoisotopic (exact) mass is 532 g/mol. The van der Waals surface area contributed by atoms with Gasteiger partial charge in [0.15, 0.2) is 0 Å². The molecule has 1 saturated heterocycles. The number of nitrogens with zero attached hydrogens (tertiary/aromatic N) is 2. The second kappa shape index (κ2) is 10.4. The van der Waals surface area contributed by atoms with Gasteiger partial charge in [-0.2, -0.15) is 0 Å². The predicted octanol–water partition coefficient (Wildman–Crippen LogP) is 4.48. The molecule has 3 aliphatic rings. The molecule has 4 heterocycles. The second-order valence-corrected chi connectivity index (χ2v) is 10.2. The molecule has 9 heteroatoms. The summed E-state index contributed by atoms with van der Waals surface area (Å²) in [5.74, 6) is -1.78. The third-order valence-corrected chi connectivity index (χ3v) is 7.85. The van der Waals surface area contributed by atoms with Gasteiger partial charge >= 0.3 is 0 Å². The van der Waals surface area contributed by atoms with Crippen molar-refractivity contribution in [3.8, 4) is 11.1 Å². The van der Waals surface area contributed by atoms with Crippen LogP contribution in [0.3, 0.4) is 0 Å². The molecule has 1 aromatic heterocycles. The molecule has 0 radical (unpaired) electrons. The number of aromatic amines is 1. The number of H-pyrrole nitrogens is 1. The molecule has 7 nitrogen and oxygen atoms in total. The van der Waals surface area contributed by atoms with Gasteiger partial charge in [-0.25, -0.2) is 8.78 Å². The number of hydrogen-bond donors (Lipinski definition) is 2. The molecule has 0 bridgehead atoms. The number of halogens is 2. The van der Waals surface area contributed by atoms with Gasteiger partial charge in [0.25, 0.3) is 11.8 Å². The zero-order chi connectivity index (χ0) is 27.1. The van der Waals surface area contributed by atoms with Crippen LogP contribution in [0.2, 0.25) is 0 Å². The fraction of sp³-hybridized carbons (Fsp3) is 0.333. The fourth-order valence-corrected chi connectivity index (χ4v) is 5.83. The summed E-state index contributed by atoms with van der Waals surface area (Å²) < 4.78 is 34.9. The highest BCUT2D eigenvalue weighted by molar-refractivity contribution is 6.36. The number of aromatic nitrogens is 1. The molecule has 0 aliphatic carbocycles. The van der Waals surface area contributed by atoms with E-state index in [0.717, 1.165) is 50.5 Å². The first-order valence-electron chi connectivity index (χ1n) is 13.3. The van der Waals surface area contributed by atoms with E-state index in [-0.39, 0.29) is 17.4 Å². The molecule has 2 amide bonds. The van der Waals surface area contributed by atoms with Crippen LogP contribution < -0.4 is 5.32 Å². The first-order chi connectivity index (χ1) is 18.9. The van der Waals surface area contributed by atoms with Crippen molar-refractivity contribution in [1.29, 1.82) is 0 Å². The van der Waals surface area contributed by atoms with Crippen LogP contribution in [0.25, 0.3) is 22.8 Å². The summed E-state index contributed by atoms with van der Waals surface area (Å²) in [6.07, 6.45) is 3.28. The average Bonchev–Trinajstić information content (AvgIpc) is 3.42. The van der Waals surface area contributed by atoms with Crippen molar-refractivity contribution < 1.29 is 23.1 Å². The van der Waals surface area contributed by atoms with Gasteiger partial charge in [-0.05, 0) is 48.7 Å². The second-order valence-electron chi connectivity index (χ2n) is 10.2. The highest BCUT2D eigenvalue weighted by Crippen LogP contribution is 2.42. The summed E-state index contributed by atoms with van der Waals surface area (Å²) >= 11 is 0. The van der Waals surface area contributed by atoms with Crippen LogP contribution in [-0.2, 0) is 16.0 Å². The van der Waals surface area contributed by atoms with Gasteiger partial charge in [0.05, 0.1) is 29.9 Å². The van der Waals surface area contributed by atoms with Crippen LogP contribution in [0.5, 0.6) is 0 Å². The van der Waals surface area contributed by atoms with Crippen LogP contribution in [0, 0.1) is 18.6 Å². The lowest BCUT2D eigenvalue weighted by Gasteiger charge is -2.30. The molecule has 0 spiro atoms. The van der Waals surface area contributed by atoms with Gasteiger partial charge in [-0.15, -0.1) is 0 Å². The minimum absolute atomic E-state index is 0.0120. The number of hydrogen-bond acceptors (Lipinski definition) is 4. The van der Waals surface area contributed by atoms with Gasteiger partial charge in [0.1, 0.15) is 11.6 Å². The lowest BCUT2D eigenvalue weighted by atomic mass is 9.93. The van der Waals surface area contributed by atoms with Crippen molar-refractivity contribution in [2.45, 2.75) is 19.8 Å². The first-order valence-corrected chi connectivity index (χ1v) is 13.3. The molecule has 39 heavy (non-hydrogen) atoms. The van der Waals surface area contributed by atoms with Crippen molar-refractivity contribution in [2.24, 2.45) is 0 Å². The maximum Gasteiger partial charge on any atom is 0.256 e. The van der Waals surface area contributed by atoms with Crippen LogP contribution in [0.4, 0.5) is 14.5 Å². The van der Waals surface area contributed by atoms with Crippen molar-refractivity contribution in [3.05, 3.63) is 76.1 Å². The Morgan fingerprint density at radius 3 is 2.46 bits per heavy atom. The van der Waals surface area contributed by atoms with Crippen molar-refractivity contribution >= 4 is 29.2 Å². The standard InChI is InChI=1S/C30H30F2N4O3/c1-18-25(33-24-9-12-36(30(38)26(18)24)11-4-10-35-13-15-39-16-14-35)17-20-27-19(5-2-8-23(27)34-29(20)37)28-21(31)6-3-7-22(28)32/h2-3,5-8,17,33H,4,9-16H2,1H3,(H,34,37)/b20-17-. The number of rotatable bonds is 6. The molecule has 0 saturated carbocycles. The largest absolute Gasteiger partial charge is 0.379 e. The number of carbonyl (C=O) groups is 2. The molecule has 3 aliphatic heterocycles. The number of morpholine rings is 1. The van der Waals surface area contributed by atoms with Crippen molar-refractivity contribution in [2.75, 3.05) is 51.3 Å². The Balaban J connectivity index is 1.29. The molecular formula is C30H30F2N4O3. The molecule has 1 fully saturated rings. The highest BCUT2D eigenvalue weighted by Gasteiger charge is 2.32. The number of anilines is 1. The topological polar surface area (TPSA) is 77.7 Å². The third kappa shape index (κ3) is 4.66. The van der Waals surface area contributed by atoms with E-state index in [4.69, 9.17) is 4.74 Å². The van der Waals surface area contributed by atoms with E-state index in [1.54, 1.807) is 24.3 Å². The molecule has 0 atom stereocenters. The lowest BCUT2D eigenvalue weighted by Crippen LogP contribution is -2.41. The first kappa shape index (κ1) is 25.5. The Bertz CT molecular complexity index is 1470. The number of nitrogens with one attached hydrogen (secondary N) is 2. The molecule has 3 aromatic rings. The fourth-order valence-electron chi connectivity index (χ4n) is 5.83. The van der Waals surface area contributed by atoms with Crippen LogP contribution in [-0.4, -0.2) is 72.5 Å². The number of carbonyl (C=O) groups excluding carboxylic acids is 2. The number of benzene rings is 2. The predicted molar refractivity (Wildman–Crippen MR) is 145 cm³/mol. The summed E-state index contributed by atoms with van der Waals surface area (Å²) in [5, 5.41) is 2.81. The highest BCUT2D eigenvalue weighted by atomic mass is 19.1. The maximum absolute atomic E-state index is 14.7. The van der Waals surface area contributed by atoms with Gasteiger partial charge in [0.2, 0.25) is 0 Å². The van der Waals surface area contributed by atoms with Crippen molar-refractivity contribution in [3.63, 3.8) is 0 Å². The lowest BCUT2D eigenvalue weighted by molar-refractivity contribution is -0.110. The summed E-state index contributed by atoms with van der Waals surface area (Å²) in [4.78, 5) is 34.1. The molecule has 2 N–H and O–H groups in total. The Kier molecular flexibility index (Phi) is 6.78. The minimum atomic E-state index is -0.701. The van der Waals surface area contributed by atoms with Gasteiger partial charge in [-0.3, -0.25) is 14.5 Å². The van der Waals surface area contributed by atoms with Crippen LogP contribution >= 0.6 is 0 Å². The zero-order valence-corrected chi connectivity index (χ0v) is 21.8. The Hall–Kier alpha value is -3.82. The Morgan fingerprint density at radius 1 is 0.949 bits per heavy atom. The Labute approximate surface area is 225 Å². The van der Waals surface area contributed by atoms with E-state index in [1.165, 1.54) is 18.2 Å². The molecule has 2 aromatic carbocycles. The molecule has 6 rings (SSSR count). The SMILES string of the molecule is Cc1c(/C=C2\C(=O)Nc3cccc(-c4c(F)cccc4F)c32)[nH]c2c1C(=O)N(CCCN1CCOCC1)CC2. The van der Waals surface area contributed by atoms with E-state index in [2.05, 4.69) is 15.2 Å². The molecule has 202 valence electrons. The zero-order valence-electron chi connectivity index (χ0n) is 21.8. The molecule has 0 unspecified atom stereocenters. The van der Waals surface area contributed by atoms with Gasteiger partial charge < -0.3 is 19.9 Å². The van der Waals surface area contributed by atoms with Crippen molar-refractivity contribution in [1.82, 2.24) is 14.8 Å². The van der Waals surface area contributed by atoms with Crippen LogP contribution in [0.1, 0.15) is 39.3 Å². The summed E-state index contributed by atoms with van der Waals surface area (Å²) in [5.41, 5.74) is 4.23. The average molecular weight is 533 g/mol. The minimum Gasteiger partial charge on any atom is -0.379 e. The summed E-state index contributed by atoms with van der Waals surface area (Å²) in [6.45, 7) is 7.48. The normalized spacial score (nSPS) is 18.4. The summed E-state index contributed by atoms with van der Waals surface area (Å²) in [7, 11) is 0. The van der Waals surface area contributed by atoms with E-state index in [9.17, 15) is 18.4 Å². The molecular weight excluding hydrogens is 502 g/mol. The van der Waals surface area contributed by atoms with Gasteiger partial charge in [0, 0.05) is 61.8 Å². The quantitative estimate of drug-likeness (QED) is 0.459.